The standard InChI is InChI=1S/C13H11ClN2O2/c1-7-4-9(6-18-7)12(14)8-2-3-10-11(5-8)16-13(17)15-10/h2-6,12H,1H3,(H2,15,16,17). The SMILES string of the molecule is Cc1cc(C(Cl)c2ccc3[nH]c(=O)[nH]c3c2)co1. The summed E-state index contributed by atoms with van der Waals surface area (Å²) < 4.78 is 5.25. The molecule has 4 nitrogen and oxygen atoms in total. The van der Waals surface area contributed by atoms with Gasteiger partial charge in [-0.05, 0) is 30.7 Å². The third-order valence-electron chi connectivity index (χ3n) is 2.88. The molecule has 18 heavy (non-hydrogen) atoms. The minimum Gasteiger partial charge on any atom is -0.469 e. The van der Waals surface area contributed by atoms with Crippen molar-refractivity contribution in [3.8, 4) is 0 Å². The molecule has 0 aliphatic carbocycles. The lowest BCUT2D eigenvalue weighted by molar-refractivity contribution is 0.532. The Hall–Kier alpha value is -1.94. The average molecular weight is 263 g/mol. The van der Waals surface area contributed by atoms with Gasteiger partial charge >= 0.3 is 5.69 Å². The highest BCUT2D eigenvalue weighted by molar-refractivity contribution is 6.22. The number of aryl methyl sites for hydroxylation is 1. The molecule has 0 saturated heterocycles. The molecule has 0 fully saturated rings. The predicted molar refractivity (Wildman–Crippen MR) is 70.1 cm³/mol. The highest BCUT2D eigenvalue weighted by atomic mass is 35.5. The zero-order chi connectivity index (χ0) is 12.7. The molecular formula is C13H11ClN2O2. The van der Waals surface area contributed by atoms with Crippen molar-refractivity contribution in [1.29, 1.82) is 0 Å². The molecule has 1 atom stereocenters. The Morgan fingerprint density at radius 3 is 2.67 bits per heavy atom. The van der Waals surface area contributed by atoms with E-state index < -0.39 is 0 Å². The lowest BCUT2D eigenvalue weighted by Gasteiger charge is -2.07. The Bertz CT molecular complexity index is 754. The Morgan fingerprint density at radius 2 is 1.94 bits per heavy atom. The molecule has 92 valence electrons. The fraction of sp³-hybridized carbons (Fsp3) is 0.154. The summed E-state index contributed by atoms with van der Waals surface area (Å²) in [5.74, 6) is 0.826. The summed E-state index contributed by atoms with van der Waals surface area (Å²) in [6.45, 7) is 1.87. The lowest BCUT2D eigenvalue weighted by Crippen LogP contribution is -1.99. The first-order valence-corrected chi connectivity index (χ1v) is 5.98. The number of hydrogen-bond donors (Lipinski definition) is 2. The lowest BCUT2D eigenvalue weighted by atomic mass is 10.1. The summed E-state index contributed by atoms with van der Waals surface area (Å²) in [4.78, 5) is 16.6. The first-order valence-electron chi connectivity index (χ1n) is 5.54. The minimum atomic E-state index is -0.287. The fourth-order valence-electron chi connectivity index (χ4n) is 2.00. The van der Waals surface area contributed by atoms with E-state index in [0.717, 1.165) is 27.9 Å². The van der Waals surface area contributed by atoms with E-state index in [1.54, 1.807) is 6.26 Å². The number of hydrogen-bond acceptors (Lipinski definition) is 2. The van der Waals surface area contributed by atoms with Gasteiger partial charge in [-0.25, -0.2) is 4.79 Å². The quantitative estimate of drug-likeness (QED) is 0.697. The van der Waals surface area contributed by atoms with Gasteiger partial charge in [0.1, 0.15) is 5.76 Å². The number of imidazole rings is 1. The molecule has 0 aliphatic rings. The van der Waals surface area contributed by atoms with E-state index in [9.17, 15) is 4.79 Å². The van der Waals surface area contributed by atoms with Gasteiger partial charge in [-0.2, -0.15) is 0 Å². The zero-order valence-corrected chi connectivity index (χ0v) is 10.4. The highest BCUT2D eigenvalue weighted by Gasteiger charge is 2.14. The van der Waals surface area contributed by atoms with Crippen molar-refractivity contribution >= 4 is 22.6 Å². The number of aromatic amines is 2. The topological polar surface area (TPSA) is 61.8 Å². The number of furan rings is 1. The summed E-state index contributed by atoms with van der Waals surface area (Å²) in [6.07, 6.45) is 1.65. The molecule has 0 aliphatic heterocycles. The number of H-pyrrole nitrogens is 2. The number of benzene rings is 1. The average Bonchev–Trinajstić information content (AvgIpc) is 2.92. The number of aromatic nitrogens is 2. The van der Waals surface area contributed by atoms with Gasteiger partial charge < -0.3 is 14.4 Å². The van der Waals surface area contributed by atoms with E-state index in [2.05, 4.69) is 9.97 Å². The van der Waals surface area contributed by atoms with Gasteiger partial charge in [0.25, 0.3) is 0 Å². The summed E-state index contributed by atoms with van der Waals surface area (Å²) in [6, 6.07) is 7.51. The van der Waals surface area contributed by atoms with Crippen LogP contribution in [-0.4, -0.2) is 9.97 Å². The molecule has 2 heterocycles. The van der Waals surface area contributed by atoms with Crippen molar-refractivity contribution in [2.75, 3.05) is 0 Å². The van der Waals surface area contributed by atoms with Crippen molar-refractivity contribution in [1.82, 2.24) is 9.97 Å². The maximum Gasteiger partial charge on any atom is 0.323 e. The molecule has 3 aromatic rings. The van der Waals surface area contributed by atoms with Gasteiger partial charge in [0.15, 0.2) is 0 Å². The molecule has 1 aromatic carbocycles. The molecule has 3 rings (SSSR count). The maximum absolute atomic E-state index is 11.2. The maximum atomic E-state index is 11.2. The van der Waals surface area contributed by atoms with Crippen LogP contribution < -0.4 is 5.69 Å². The van der Waals surface area contributed by atoms with Gasteiger partial charge in [0.2, 0.25) is 0 Å². The van der Waals surface area contributed by atoms with Crippen molar-refractivity contribution in [2.45, 2.75) is 12.3 Å². The van der Waals surface area contributed by atoms with E-state index in [0.29, 0.717) is 0 Å². The first kappa shape index (κ1) is 11.2. The smallest absolute Gasteiger partial charge is 0.323 e. The molecule has 2 N–H and O–H groups in total. The Balaban J connectivity index is 2.05. The largest absolute Gasteiger partial charge is 0.469 e. The minimum absolute atomic E-state index is 0.215. The molecule has 5 heteroatoms. The number of rotatable bonds is 2. The van der Waals surface area contributed by atoms with Crippen LogP contribution in [0.2, 0.25) is 0 Å². The van der Waals surface area contributed by atoms with Gasteiger partial charge in [-0.1, -0.05) is 6.07 Å². The number of nitrogens with one attached hydrogen (secondary N) is 2. The summed E-state index contributed by atoms with van der Waals surface area (Å²) in [5.41, 5.74) is 3.14. The summed E-state index contributed by atoms with van der Waals surface area (Å²) in [5, 5.41) is -0.287. The number of halogens is 1. The second kappa shape index (κ2) is 4.07. The molecule has 0 spiro atoms. The third kappa shape index (κ3) is 1.84. The van der Waals surface area contributed by atoms with Crippen LogP contribution in [0.5, 0.6) is 0 Å². The Labute approximate surface area is 108 Å². The van der Waals surface area contributed by atoms with E-state index in [1.807, 2.05) is 31.2 Å². The molecule has 1 unspecified atom stereocenters. The van der Waals surface area contributed by atoms with E-state index in [-0.39, 0.29) is 11.1 Å². The fourth-order valence-corrected chi connectivity index (χ4v) is 2.25. The van der Waals surface area contributed by atoms with E-state index >= 15 is 0 Å². The van der Waals surface area contributed by atoms with Crippen molar-refractivity contribution in [3.63, 3.8) is 0 Å². The van der Waals surface area contributed by atoms with Gasteiger partial charge in [0.05, 0.1) is 22.7 Å². The van der Waals surface area contributed by atoms with Gasteiger partial charge in [-0.3, -0.25) is 0 Å². The van der Waals surface area contributed by atoms with Crippen LogP contribution in [0.15, 0.2) is 39.7 Å². The van der Waals surface area contributed by atoms with Crippen LogP contribution in [0.25, 0.3) is 11.0 Å². The zero-order valence-electron chi connectivity index (χ0n) is 9.66. The second-order valence-electron chi connectivity index (χ2n) is 4.24. The Morgan fingerprint density at radius 1 is 1.17 bits per heavy atom. The molecule has 0 saturated carbocycles. The van der Waals surface area contributed by atoms with Crippen molar-refractivity contribution < 1.29 is 4.42 Å². The third-order valence-corrected chi connectivity index (χ3v) is 3.38. The van der Waals surface area contributed by atoms with Crippen molar-refractivity contribution in [3.05, 3.63) is 57.9 Å². The van der Waals surface area contributed by atoms with Crippen LogP contribution in [-0.2, 0) is 0 Å². The van der Waals surface area contributed by atoms with Gasteiger partial charge in [0, 0.05) is 5.56 Å². The summed E-state index contributed by atoms with van der Waals surface area (Å²) >= 11 is 6.39. The van der Waals surface area contributed by atoms with Crippen LogP contribution >= 0.6 is 11.6 Å². The van der Waals surface area contributed by atoms with Crippen LogP contribution in [0.1, 0.15) is 22.3 Å². The molecular weight excluding hydrogens is 252 g/mol. The first-order chi connectivity index (χ1) is 8.63. The monoisotopic (exact) mass is 262 g/mol. The van der Waals surface area contributed by atoms with Crippen LogP contribution in [0, 0.1) is 6.92 Å². The van der Waals surface area contributed by atoms with E-state index in [1.165, 1.54) is 0 Å². The van der Waals surface area contributed by atoms with Crippen molar-refractivity contribution in [2.24, 2.45) is 0 Å². The van der Waals surface area contributed by atoms with Crippen LogP contribution in [0.4, 0.5) is 0 Å². The second-order valence-corrected chi connectivity index (χ2v) is 4.67. The normalized spacial score (nSPS) is 13.0. The Kier molecular flexibility index (Phi) is 2.52. The molecule has 0 radical (unpaired) electrons. The number of fused-ring (bicyclic) bond motifs is 1. The molecule has 2 aromatic heterocycles. The number of alkyl halides is 1. The highest BCUT2D eigenvalue weighted by Crippen LogP contribution is 2.31. The van der Waals surface area contributed by atoms with E-state index in [4.69, 9.17) is 16.0 Å². The van der Waals surface area contributed by atoms with Crippen LogP contribution in [0.3, 0.4) is 0 Å². The summed E-state index contributed by atoms with van der Waals surface area (Å²) in [7, 11) is 0. The predicted octanol–water partition coefficient (Wildman–Crippen LogP) is 3.09. The molecule has 0 bridgehead atoms. The molecule has 0 amide bonds. The van der Waals surface area contributed by atoms with Gasteiger partial charge in [-0.15, -0.1) is 11.6 Å².